The van der Waals surface area contributed by atoms with Crippen LogP contribution in [0, 0.1) is 0 Å². The minimum absolute atomic E-state index is 0.306. The number of carbonyl (C=O) groups excluding carboxylic acids is 2. The highest BCUT2D eigenvalue weighted by Crippen LogP contribution is 2.19. The molecule has 0 bridgehead atoms. The van der Waals surface area contributed by atoms with Crippen molar-refractivity contribution in [1.82, 2.24) is 0 Å². The minimum Gasteiger partial charge on any atom is -0.427 e. The van der Waals surface area contributed by atoms with Crippen LogP contribution in [0.2, 0.25) is 0 Å². The number of hydrogen-bond acceptors (Lipinski definition) is 4. The Morgan fingerprint density at radius 3 is 1.95 bits per heavy atom. The molecular weight excluding hydrogens is 256 g/mol. The van der Waals surface area contributed by atoms with E-state index in [9.17, 15) is 9.59 Å². The molecule has 2 rings (SSSR count). The topological polar surface area (TPSA) is 52.6 Å². The molecule has 0 atom stereocenters. The molecule has 0 fully saturated rings. The lowest BCUT2D eigenvalue weighted by Gasteiger charge is -2.06. The summed E-state index contributed by atoms with van der Waals surface area (Å²) in [7, 11) is 0. The molecule has 0 saturated heterocycles. The highest BCUT2D eigenvalue weighted by Gasteiger charge is 2.08. The van der Waals surface area contributed by atoms with Gasteiger partial charge in [0.05, 0.1) is 5.56 Å². The molecule has 0 amide bonds. The quantitative estimate of drug-likeness (QED) is 0.632. The predicted molar refractivity (Wildman–Crippen MR) is 73.8 cm³/mol. The van der Waals surface area contributed by atoms with E-state index >= 15 is 0 Å². The van der Waals surface area contributed by atoms with E-state index < -0.39 is 5.97 Å². The third-order valence-corrected chi connectivity index (χ3v) is 2.56. The Morgan fingerprint density at radius 1 is 0.850 bits per heavy atom. The van der Waals surface area contributed by atoms with Crippen LogP contribution in [0.15, 0.2) is 54.6 Å². The van der Waals surface area contributed by atoms with Crippen molar-refractivity contribution in [3.8, 4) is 11.5 Å². The van der Waals surface area contributed by atoms with Crippen molar-refractivity contribution in [2.75, 3.05) is 0 Å². The molecule has 0 aliphatic heterocycles. The first-order valence-corrected chi connectivity index (χ1v) is 6.27. The highest BCUT2D eigenvalue weighted by atomic mass is 16.5. The molecule has 0 aliphatic carbocycles. The fourth-order valence-electron chi connectivity index (χ4n) is 1.52. The van der Waals surface area contributed by atoms with Gasteiger partial charge in [-0.1, -0.05) is 25.1 Å². The molecular formula is C16H14O4. The van der Waals surface area contributed by atoms with E-state index in [1.165, 1.54) is 0 Å². The smallest absolute Gasteiger partial charge is 0.343 e. The molecule has 0 heterocycles. The fraction of sp³-hybridized carbons (Fsp3) is 0.125. The zero-order valence-electron chi connectivity index (χ0n) is 11.0. The molecule has 0 spiro atoms. The van der Waals surface area contributed by atoms with Crippen molar-refractivity contribution in [3.05, 3.63) is 60.2 Å². The Morgan fingerprint density at radius 2 is 1.40 bits per heavy atom. The lowest BCUT2D eigenvalue weighted by atomic mass is 10.2. The first-order valence-electron chi connectivity index (χ1n) is 6.27. The van der Waals surface area contributed by atoms with Gasteiger partial charge in [-0.25, -0.2) is 4.79 Å². The fourth-order valence-corrected chi connectivity index (χ4v) is 1.52. The minimum atomic E-state index is -0.427. The van der Waals surface area contributed by atoms with Gasteiger partial charge < -0.3 is 9.47 Å². The summed E-state index contributed by atoms with van der Waals surface area (Å²) in [5.41, 5.74) is 0.481. The van der Waals surface area contributed by atoms with Gasteiger partial charge in [0.2, 0.25) is 0 Å². The summed E-state index contributed by atoms with van der Waals surface area (Å²) >= 11 is 0. The Hall–Kier alpha value is -2.62. The number of ether oxygens (including phenoxy) is 2. The maximum absolute atomic E-state index is 11.8. The Bertz CT molecular complexity index is 588. The van der Waals surface area contributed by atoms with Crippen LogP contribution in [-0.4, -0.2) is 11.9 Å². The van der Waals surface area contributed by atoms with Gasteiger partial charge >= 0.3 is 11.9 Å². The first kappa shape index (κ1) is 13.8. The lowest BCUT2D eigenvalue weighted by molar-refractivity contribution is -0.134. The van der Waals surface area contributed by atoms with E-state index in [0.29, 0.717) is 23.5 Å². The van der Waals surface area contributed by atoms with Crippen molar-refractivity contribution < 1.29 is 19.1 Å². The summed E-state index contributed by atoms with van der Waals surface area (Å²) in [6.45, 7) is 1.72. The monoisotopic (exact) mass is 270 g/mol. The summed E-state index contributed by atoms with van der Waals surface area (Å²) < 4.78 is 10.2. The first-order chi connectivity index (χ1) is 9.69. The number of carbonyl (C=O) groups is 2. The van der Waals surface area contributed by atoms with E-state index in [2.05, 4.69) is 0 Å². The molecule has 4 nitrogen and oxygen atoms in total. The van der Waals surface area contributed by atoms with Gasteiger partial charge in [0.25, 0.3) is 0 Å². The van der Waals surface area contributed by atoms with E-state index in [0.717, 1.165) is 0 Å². The van der Waals surface area contributed by atoms with Gasteiger partial charge in [0.1, 0.15) is 11.5 Å². The molecule has 0 unspecified atom stereocenters. The van der Waals surface area contributed by atoms with Gasteiger partial charge in [0, 0.05) is 6.42 Å². The van der Waals surface area contributed by atoms with Crippen LogP contribution in [-0.2, 0) is 4.79 Å². The Kier molecular flexibility index (Phi) is 4.50. The van der Waals surface area contributed by atoms with E-state index in [1.807, 2.05) is 6.07 Å². The van der Waals surface area contributed by atoms with Gasteiger partial charge in [-0.15, -0.1) is 0 Å². The third-order valence-electron chi connectivity index (χ3n) is 2.56. The maximum Gasteiger partial charge on any atom is 0.343 e. The van der Waals surface area contributed by atoms with Crippen LogP contribution >= 0.6 is 0 Å². The maximum atomic E-state index is 11.8. The molecule has 0 N–H and O–H groups in total. The van der Waals surface area contributed by atoms with Crippen molar-refractivity contribution >= 4 is 11.9 Å². The third kappa shape index (κ3) is 3.68. The number of rotatable bonds is 4. The second kappa shape index (κ2) is 6.52. The summed E-state index contributed by atoms with van der Waals surface area (Å²) in [5, 5.41) is 0. The zero-order chi connectivity index (χ0) is 14.4. The van der Waals surface area contributed by atoms with Crippen LogP contribution in [0.4, 0.5) is 0 Å². The molecule has 102 valence electrons. The number of benzene rings is 2. The average Bonchev–Trinajstić information content (AvgIpc) is 2.50. The summed E-state index contributed by atoms with van der Waals surface area (Å²) in [4.78, 5) is 22.9. The van der Waals surface area contributed by atoms with Crippen LogP contribution in [0.25, 0.3) is 0 Å². The highest BCUT2D eigenvalue weighted by molar-refractivity contribution is 5.90. The van der Waals surface area contributed by atoms with Gasteiger partial charge in [0.15, 0.2) is 0 Å². The average molecular weight is 270 g/mol. The van der Waals surface area contributed by atoms with Crippen molar-refractivity contribution in [2.24, 2.45) is 0 Å². The molecule has 0 saturated carbocycles. The van der Waals surface area contributed by atoms with Crippen LogP contribution in [0.1, 0.15) is 23.7 Å². The van der Waals surface area contributed by atoms with Gasteiger partial charge in [-0.3, -0.25) is 4.79 Å². The molecule has 2 aromatic rings. The molecule has 4 heteroatoms. The largest absolute Gasteiger partial charge is 0.427 e. The molecule has 20 heavy (non-hydrogen) atoms. The van der Waals surface area contributed by atoms with Crippen LogP contribution in [0.3, 0.4) is 0 Å². The summed E-state index contributed by atoms with van der Waals surface area (Å²) in [5.74, 6) is 0.0921. The Balaban J connectivity index is 2.00. The molecule has 0 aromatic heterocycles. The molecule has 2 aromatic carbocycles. The van der Waals surface area contributed by atoms with Crippen molar-refractivity contribution in [2.45, 2.75) is 13.3 Å². The second-order valence-electron chi connectivity index (χ2n) is 4.05. The predicted octanol–water partition coefficient (Wildman–Crippen LogP) is 3.22. The second-order valence-corrected chi connectivity index (χ2v) is 4.05. The van der Waals surface area contributed by atoms with Crippen molar-refractivity contribution in [1.29, 1.82) is 0 Å². The van der Waals surface area contributed by atoms with Crippen LogP contribution < -0.4 is 9.47 Å². The lowest BCUT2D eigenvalue weighted by Crippen LogP contribution is -2.08. The van der Waals surface area contributed by atoms with Crippen molar-refractivity contribution in [3.63, 3.8) is 0 Å². The Labute approximate surface area is 116 Å². The van der Waals surface area contributed by atoms with E-state index in [4.69, 9.17) is 9.47 Å². The summed E-state index contributed by atoms with van der Waals surface area (Å²) in [6, 6.07) is 15.1. The number of esters is 2. The van der Waals surface area contributed by atoms with Gasteiger partial charge in [-0.05, 0) is 36.4 Å². The van der Waals surface area contributed by atoms with E-state index in [-0.39, 0.29) is 5.97 Å². The molecule has 0 radical (unpaired) electrons. The summed E-state index contributed by atoms with van der Waals surface area (Å²) in [6.07, 6.45) is 0.310. The zero-order valence-corrected chi connectivity index (χ0v) is 11.0. The van der Waals surface area contributed by atoms with Gasteiger partial charge in [-0.2, -0.15) is 0 Å². The number of hydrogen-bond donors (Lipinski definition) is 0. The molecule has 0 aliphatic rings. The normalized spacial score (nSPS) is 9.85. The van der Waals surface area contributed by atoms with Crippen LogP contribution in [0.5, 0.6) is 11.5 Å². The SMILES string of the molecule is CCC(=O)Oc1ccc(OC(=O)c2ccccc2)cc1. The standard InChI is InChI=1S/C16H14O4/c1-2-15(17)19-13-8-10-14(11-9-13)20-16(18)12-6-4-3-5-7-12/h3-11H,2H2,1H3. The van der Waals surface area contributed by atoms with E-state index in [1.54, 1.807) is 55.5 Å².